The number of hydrogen-bond donors (Lipinski definition) is 2. The third-order valence-corrected chi connectivity index (χ3v) is 5.49. The highest BCUT2D eigenvalue weighted by Gasteiger charge is 2.28. The van der Waals surface area contributed by atoms with E-state index in [9.17, 15) is 9.59 Å². The van der Waals surface area contributed by atoms with Crippen LogP contribution in [0.2, 0.25) is 0 Å². The normalized spacial score (nSPS) is 14.2. The van der Waals surface area contributed by atoms with Crippen molar-refractivity contribution in [1.82, 2.24) is 25.5 Å². The largest absolute Gasteiger partial charge is 0.340 e. The summed E-state index contributed by atoms with van der Waals surface area (Å²) in [5.74, 6) is 0.424. The van der Waals surface area contributed by atoms with Crippen LogP contribution in [-0.4, -0.2) is 38.1 Å². The van der Waals surface area contributed by atoms with E-state index in [0.29, 0.717) is 29.5 Å². The van der Waals surface area contributed by atoms with Crippen molar-refractivity contribution in [3.8, 4) is 11.4 Å². The first-order valence-corrected chi connectivity index (χ1v) is 11.0. The molecule has 4 rings (SSSR count). The summed E-state index contributed by atoms with van der Waals surface area (Å²) in [5, 5.41) is 17.9. The molecule has 1 aliphatic rings. The van der Waals surface area contributed by atoms with Crippen molar-refractivity contribution in [3.05, 3.63) is 59.7 Å². The molecule has 1 aromatic heterocycles. The van der Waals surface area contributed by atoms with Crippen LogP contribution < -0.4 is 10.6 Å². The lowest BCUT2D eigenvalue weighted by molar-refractivity contribution is -0.118. The van der Waals surface area contributed by atoms with Crippen LogP contribution >= 0.6 is 0 Å². The number of hydrogen-bond acceptors (Lipinski definition) is 5. The number of benzene rings is 2. The standard InChI is InChI=1S/C24H28N6O2/c1-15(2)13-21(26-23(31)20-10-5-4-7-16(20)3)24(32)25-18-9-6-8-17(14-18)22-27-28-29-30(22)19-11-12-19/h4-10,14-15,19,21H,11-13H2,1-3H3,(H,25,32)(H,26,31). The topological polar surface area (TPSA) is 102 Å². The molecule has 0 saturated heterocycles. The molecule has 1 fully saturated rings. The van der Waals surface area contributed by atoms with Crippen molar-refractivity contribution >= 4 is 17.5 Å². The zero-order valence-corrected chi connectivity index (χ0v) is 18.6. The molecule has 0 bridgehead atoms. The number of amides is 2. The molecule has 1 saturated carbocycles. The minimum absolute atomic E-state index is 0.234. The van der Waals surface area contributed by atoms with Crippen LogP contribution in [0.5, 0.6) is 0 Å². The molecule has 2 aromatic carbocycles. The number of aryl methyl sites for hydroxylation is 1. The number of tetrazole rings is 1. The van der Waals surface area contributed by atoms with Crippen LogP contribution in [0.3, 0.4) is 0 Å². The molecular formula is C24H28N6O2. The highest BCUT2D eigenvalue weighted by atomic mass is 16.2. The summed E-state index contributed by atoms with van der Waals surface area (Å²) >= 11 is 0. The predicted octanol–water partition coefficient (Wildman–Crippen LogP) is 3.77. The monoisotopic (exact) mass is 432 g/mol. The Labute approximate surface area is 187 Å². The van der Waals surface area contributed by atoms with Crippen molar-refractivity contribution in [2.24, 2.45) is 5.92 Å². The van der Waals surface area contributed by atoms with Crippen LogP contribution in [0, 0.1) is 12.8 Å². The summed E-state index contributed by atoms with van der Waals surface area (Å²) in [6, 6.07) is 14.5. The maximum Gasteiger partial charge on any atom is 0.252 e. The number of nitrogens with zero attached hydrogens (tertiary/aromatic N) is 4. The van der Waals surface area contributed by atoms with Crippen molar-refractivity contribution in [2.75, 3.05) is 5.32 Å². The third-order valence-electron chi connectivity index (χ3n) is 5.49. The highest BCUT2D eigenvalue weighted by molar-refractivity contribution is 6.02. The van der Waals surface area contributed by atoms with Crippen LogP contribution in [0.1, 0.15) is 55.1 Å². The Morgan fingerprint density at radius 2 is 1.91 bits per heavy atom. The summed E-state index contributed by atoms with van der Waals surface area (Å²) in [4.78, 5) is 25.9. The summed E-state index contributed by atoms with van der Waals surface area (Å²) < 4.78 is 1.84. The van der Waals surface area contributed by atoms with Crippen LogP contribution in [0.15, 0.2) is 48.5 Å². The van der Waals surface area contributed by atoms with E-state index >= 15 is 0 Å². The van der Waals surface area contributed by atoms with Crippen molar-refractivity contribution < 1.29 is 9.59 Å². The summed E-state index contributed by atoms with van der Waals surface area (Å²) in [6.45, 7) is 5.93. The molecule has 1 unspecified atom stereocenters. The van der Waals surface area contributed by atoms with E-state index in [4.69, 9.17) is 0 Å². The molecule has 8 heteroatoms. The molecule has 3 aromatic rings. The molecule has 0 radical (unpaired) electrons. The first kappa shape index (κ1) is 21.7. The van der Waals surface area contributed by atoms with Gasteiger partial charge in [0.2, 0.25) is 5.91 Å². The van der Waals surface area contributed by atoms with Gasteiger partial charge in [0.1, 0.15) is 6.04 Å². The Kier molecular flexibility index (Phi) is 6.30. The molecule has 32 heavy (non-hydrogen) atoms. The van der Waals surface area contributed by atoms with Gasteiger partial charge in [-0.2, -0.15) is 0 Å². The number of carbonyl (C=O) groups excluding carboxylic acids is 2. The van der Waals surface area contributed by atoms with E-state index in [0.717, 1.165) is 24.0 Å². The predicted molar refractivity (Wildman–Crippen MR) is 122 cm³/mol. The van der Waals surface area contributed by atoms with Crippen molar-refractivity contribution in [3.63, 3.8) is 0 Å². The van der Waals surface area contributed by atoms with E-state index in [1.165, 1.54) is 0 Å². The maximum atomic E-state index is 13.1. The van der Waals surface area contributed by atoms with Gasteiger partial charge in [-0.3, -0.25) is 9.59 Å². The van der Waals surface area contributed by atoms with Gasteiger partial charge in [0, 0.05) is 16.8 Å². The molecule has 1 atom stereocenters. The van der Waals surface area contributed by atoms with Crippen molar-refractivity contribution in [1.29, 1.82) is 0 Å². The highest BCUT2D eigenvalue weighted by Crippen LogP contribution is 2.36. The second-order valence-corrected chi connectivity index (χ2v) is 8.72. The molecule has 0 aliphatic heterocycles. The fraction of sp³-hybridized carbons (Fsp3) is 0.375. The smallest absolute Gasteiger partial charge is 0.252 e. The van der Waals surface area contributed by atoms with E-state index < -0.39 is 6.04 Å². The van der Waals surface area contributed by atoms with E-state index in [-0.39, 0.29) is 17.7 Å². The number of nitrogens with one attached hydrogen (secondary N) is 2. The molecule has 1 aliphatic carbocycles. The Morgan fingerprint density at radius 3 is 2.62 bits per heavy atom. The summed E-state index contributed by atoms with van der Waals surface area (Å²) in [5.41, 5.74) is 2.92. The lowest BCUT2D eigenvalue weighted by atomic mass is 10.0. The van der Waals surface area contributed by atoms with Crippen LogP contribution in [-0.2, 0) is 4.79 Å². The molecule has 2 amide bonds. The SMILES string of the molecule is Cc1ccccc1C(=O)NC(CC(C)C)C(=O)Nc1cccc(-c2nnnn2C2CC2)c1. The number of anilines is 1. The summed E-state index contributed by atoms with van der Waals surface area (Å²) in [7, 11) is 0. The Bertz CT molecular complexity index is 1120. The second-order valence-electron chi connectivity index (χ2n) is 8.72. The number of aromatic nitrogens is 4. The minimum atomic E-state index is -0.650. The van der Waals surface area contributed by atoms with Gasteiger partial charge in [-0.15, -0.1) is 5.10 Å². The van der Waals surface area contributed by atoms with Gasteiger partial charge in [0.05, 0.1) is 6.04 Å². The van der Waals surface area contributed by atoms with Gasteiger partial charge < -0.3 is 10.6 Å². The van der Waals surface area contributed by atoms with Gasteiger partial charge in [-0.05, 0) is 66.3 Å². The van der Waals surface area contributed by atoms with Gasteiger partial charge in [0.15, 0.2) is 5.82 Å². The maximum absolute atomic E-state index is 13.1. The Morgan fingerprint density at radius 1 is 1.12 bits per heavy atom. The lowest BCUT2D eigenvalue weighted by Gasteiger charge is -2.21. The van der Waals surface area contributed by atoms with Gasteiger partial charge in [-0.1, -0.05) is 44.2 Å². The van der Waals surface area contributed by atoms with Gasteiger partial charge in [0.25, 0.3) is 5.91 Å². The average Bonchev–Trinajstić information content (AvgIpc) is 3.49. The molecule has 166 valence electrons. The number of rotatable bonds is 8. The number of carbonyl (C=O) groups is 2. The Balaban J connectivity index is 1.50. The fourth-order valence-corrected chi connectivity index (χ4v) is 3.68. The van der Waals surface area contributed by atoms with E-state index in [2.05, 4.69) is 26.2 Å². The van der Waals surface area contributed by atoms with E-state index in [1.807, 2.05) is 67.9 Å². The van der Waals surface area contributed by atoms with E-state index in [1.54, 1.807) is 6.07 Å². The fourth-order valence-electron chi connectivity index (χ4n) is 3.68. The minimum Gasteiger partial charge on any atom is -0.340 e. The molecule has 2 N–H and O–H groups in total. The average molecular weight is 433 g/mol. The van der Waals surface area contributed by atoms with Gasteiger partial charge in [-0.25, -0.2) is 4.68 Å². The van der Waals surface area contributed by atoms with Crippen LogP contribution in [0.4, 0.5) is 5.69 Å². The summed E-state index contributed by atoms with van der Waals surface area (Å²) in [6.07, 6.45) is 2.68. The molecule has 0 spiro atoms. The van der Waals surface area contributed by atoms with Crippen LogP contribution in [0.25, 0.3) is 11.4 Å². The molecule has 8 nitrogen and oxygen atoms in total. The zero-order chi connectivity index (χ0) is 22.7. The van der Waals surface area contributed by atoms with Crippen molar-refractivity contribution in [2.45, 2.75) is 52.1 Å². The second kappa shape index (κ2) is 9.30. The van der Waals surface area contributed by atoms with Gasteiger partial charge >= 0.3 is 0 Å². The Hall–Kier alpha value is -3.55. The molecule has 1 heterocycles. The quantitative estimate of drug-likeness (QED) is 0.564. The first-order chi connectivity index (χ1) is 15.4. The lowest BCUT2D eigenvalue weighted by Crippen LogP contribution is -2.44. The first-order valence-electron chi connectivity index (χ1n) is 11.0. The zero-order valence-electron chi connectivity index (χ0n) is 18.6. The third kappa shape index (κ3) is 5.01. The molecular weight excluding hydrogens is 404 g/mol.